The number of nitrogens with zero attached hydrogens (tertiary/aromatic N) is 3. The Bertz CT molecular complexity index is 1020. The first-order chi connectivity index (χ1) is 14.3. The highest BCUT2D eigenvalue weighted by molar-refractivity contribution is 7.86. The monoisotopic (exact) mass is 438 g/mol. The molecule has 2 aliphatic rings. The van der Waals surface area contributed by atoms with Gasteiger partial charge in [-0.2, -0.15) is 17.0 Å². The molecular formula is C19H23FN4O5S. The van der Waals surface area contributed by atoms with Crippen LogP contribution in [0.15, 0.2) is 34.9 Å². The van der Waals surface area contributed by atoms with Crippen LogP contribution in [0.1, 0.15) is 12.2 Å². The molecule has 0 aliphatic carbocycles. The number of halogens is 1. The van der Waals surface area contributed by atoms with Crippen molar-refractivity contribution in [2.75, 3.05) is 39.4 Å². The van der Waals surface area contributed by atoms with Crippen molar-refractivity contribution < 1.29 is 26.9 Å². The first-order valence-electron chi connectivity index (χ1n) is 9.65. The molecule has 1 aromatic heterocycles. The van der Waals surface area contributed by atoms with Gasteiger partial charge in [0.05, 0.1) is 18.6 Å². The van der Waals surface area contributed by atoms with E-state index in [9.17, 15) is 17.6 Å². The van der Waals surface area contributed by atoms with Crippen LogP contribution in [0.25, 0.3) is 11.3 Å². The molecule has 0 unspecified atom stereocenters. The summed E-state index contributed by atoms with van der Waals surface area (Å²) in [5, 5.41) is 3.99. The SMILES string of the molecule is NC(=O)[C@@]1(Cc2cc(-c3ccc(F)cc3)no2)CCN(S(=O)(=O)N2CCOCC2)C1. The third-order valence-electron chi connectivity index (χ3n) is 5.68. The minimum Gasteiger partial charge on any atom is -0.379 e. The van der Waals surface area contributed by atoms with Crippen LogP contribution >= 0.6 is 0 Å². The number of amides is 1. The molecule has 0 spiro atoms. The lowest BCUT2D eigenvalue weighted by Gasteiger charge is -2.31. The number of benzene rings is 1. The van der Waals surface area contributed by atoms with E-state index in [-0.39, 0.29) is 38.4 Å². The lowest BCUT2D eigenvalue weighted by atomic mass is 9.82. The van der Waals surface area contributed by atoms with Crippen LogP contribution in [-0.2, 0) is 26.2 Å². The molecular weight excluding hydrogens is 415 g/mol. The van der Waals surface area contributed by atoms with Gasteiger partial charge in [-0.3, -0.25) is 4.79 Å². The van der Waals surface area contributed by atoms with Crippen molar-refractivity contribution in [2.24, 2.45) is 11.1 Å². The molecule has 0 saturated carbocycles. The molecule has 1 amide bonds. The second-order valence-electron chi connectivity index (χ2n) is 7.61. The normalized spacial score (nSPS) is 23.6. The minimum atomic E-state index is -3.70. The number of aromatic nitrogens is 1. The predicted octanol–water partition coefficient (Wildman–Crippen LogP) is 0.778. The summed E-state index contributed by atoms with van der Waals surface area (Å²) in [6, 6.07) is 7.46. The predicted molar refractivity (Wildman–Crippen MR) is 105 cm³/mol. The Morgan fingerprint density at radius 3 is 2.53 bits per heavy atom. The molecule has 162 valence electrons. The minimum absolute atomic E-state index is 0.0192. The summed E-state index contributed by atoms with van der Waals surface area (Å²) in [5.41, 5.74) is 5.79. The zero-order valence-electron chi connectivity index (χ0n) is 16.3. The number of morpholine rings is 1. The zero-order valence-corrected chi connectivity index (χ0v) is 17.1. The molecule has 0 radical (unpaired) electrons. The summed E-state index contributed by atoms with van der Waals surface area (Å²) < 4.78 is 52.3. The maximum Gasteiger partial charge on any atom is 0.282 e. The van der Waals surface area contributed by atoms with Crippen molar-refractivity contribution in [3.8, 4) is 11.3 Å². The maximum absolute atomic E-state index is 13.1. The Morgan fingerprint density at radius 2 is 1.87 bits per heavy atom. The van der Waals surface area contributed by atoms with Crippen LogP contribution in [0.2, 0.25) is 0 Å². The van der Waals surface area contributed by atoms with Crippen molar-refractivity contribution >= 4 is 16.1 Å². The van der Waals surface area contributed by atoms with Gasteiger partial charge >= 0.3 is 0 Å². The Morgan fingerprint density at radius 1 is 1.17 bits per heavy atom. The lowest BCUT2D eigenvalue weighted by Crippen LogP contribution is -2.49. The molecule has 11 heteroatoms. The quantitative estimate of drug-likeness (QED) is 0.712. The van der Waals surface area contributed by atoms with Crippen LogP contribution in [0, 0.1) is 11.2 Å². The highest BCUT2D eigenvalue weighted by Crippen LogP contribution is 2.37. The van der Waals surface area contributed by atoms with E-state index >= 15 is 0 Å². The number of carbonyl (C=O) groups excluding carboxylic acids is 1. The van der Waals surface area contributed by atoms with Gasteiger partial charge in [0.25, 0.3) is 10.2 Å². The van der Waals surface area contributed by atoms with Crippen molar-refractivity contribution in [1.29, 1.82) is 0 Å². The summed E-state index contributed by atoms with van der Waals surface area (Å²) in [7, 11) is -3.70. The van der Waals surface area contributed by atoms with Crippen LogP contribution in [-0.4, -0.2) is 67.5 Å². The molecule has 2 N–H and O–H groups in total. The summed E-state index contributed by atoms with van der Waals surface area (Å²) in [4.78, 5) is 12.4. The number of nitrogens with two attached hydrogens (primary N) is 1. The molecule has 2 aromatic rings. The Balaban J connectivity index is 1.52. The van der Waals surface area contributed by atoms with Gasteiger partial charge < -0.3 is 15.0 Å². The van der Waals surface area contributed by atoms with E-state index < -0.39 is 21.5 Å². The fraction of sp³-hybridized carbons (Fsp3) is 0.474. The number of rotatable bonds is 6. The molecule has 9 nitrogen and oxygen atoms in total. The highest BCUT2D eigenvalue weighted by atomic mass is 32.2. The van der Waals surface area contributed by atoms with Gasteiger partial charge in [-0.25, -0.2) is 4.39 Å². The second kappa shape index (κ2) is 8.06. The van der Waals surface area contributed by atoms with Crippen molar-refractivity contribution in [2.45, 2.75) is 12.8 Å². The third kappa shape index (κ3) is 3.97. The van der Waals surface area contributed by atoms with E-state index in [4.69, 9.17) is 15.0 Å². The lowest BCUT2D eigenvalue weighted by molar-refractivity contribution is -0.127. The van der Waals surface area contributed by atoms with Gasteiger partial charge in [0.2, 0.25) is 5.91 Å². The van der Waals surface area contributed by atoms with Gasteiger partial charge in [0.15, 0.2) is 0 Å². The molecule has 1 atom stereocenters. The summed E-state index contributed by atoms with van der Waals surface area (Å²) in [6.45, 7) is 1.43. The summed E-state index contributed by atoms with van der Waals surface area (Å²) in [5.74, 6) is -0.525. The first kappa shape index (κ1) is 20.9. The van der Waals surface area contributed by atoms with Crippen LogP contribution < -0.4 is 5.73 Å². The van der Waals surface area contributed by atoms with Crippen molar-refractivity contribution in [1.82, 2.24) is 13.8 Å². The van der Waals surface area contributed by atoms with Crippen molar-refractivity contribution in [3.05, 3.63) is 41.9 Å². The number of ether oxygens (including phenoxy) is 1. The van der Waals surface area contributed by atoms with Crippen LogP contribution in [0.4, 0.5) is 4.39 Å². The van der Waals surface area contributed by atoms with Crippen LogP contribution in [0.5, 0.6) is 0 Å². The standard InChI is InChI=1S/C19H23FN4O5S/c20-15-3-1-14(2-4-15)17-11-16(29-22-17)12-19(18(21)25)5-6-24(13-19)30(26,27)23-7-9-28-10-8-23/h1-4,11H,5-10,12-13H2,(H2,21,25)/t19-/m1/s1. The maximum atomic E-state index is 13.1. The van der Waals surface area contributed by atoms with E-state index in [0.29, 0.717) is 36.7 Å². The number of hydrogen-bond acceptors (Lipinski definition) is 6. The largest absolute Gasteiger partial charge is 0.379 e. The van der Waals surface area contributed by atoms with E-state index in [2.05, 4.69) is 5.16 Å². The van der Waals surface area contributed by atoms with Gasteiger partial charge in [-0.15, -0.1) is 0 Å². The van der Waals surface area contributed by atoms with E-state index in [0.717, 1.165) is 0 Å². The fourth-order valence-electron chi connectivity index (χ4n) is 3.89. The van der Waals surface area contributed by atoms with Crippen LogP contribution in [0.3, 0.4) is 0 Å². The smallest absolute Gasteiger partial charge is 0.282 e. The Hall–Kier alpha value is -2.34. The summed E-state index contributed by atoms with van der Waals surface area (Å²) >= 11 is 0. The molecule has 2 fully saturated rings. The highest BCUT2D eigenvalue weighted by Gasteiger charge is 2.49. The Labute approximate surface area is 173 Å². The van der Waals surface area contributed by atoms with Gasteiger partial charge in [-0.05, 0) is 30.7 Å². The molecule has 1 aromatic carbocycles. The zero-order chi connectivity index (χ0) is 21.4. The average molecular weight is 438 g/mol. The van der Waals surface area contributed by atoms with E-state index in [1.807, 2.05) is 0 Å². The third-order valence-corrected chi connectivity index (χ3v) is 7.66. The summed E-state index contributed by atoms with van der Waals surface area (Å²) in [6.07, 6.45) is 0.421. The molecule has 4 rings (SSSR count). The average Bonchev–Trinajstić information content (AvgIpc) is 3.38. The van der Waals surface area contributed by atoms with Crippen molar-refractivity contribution in [3.63, 3.8) is 0 Å². The first-order valence-corrected chi connectivity index (χ1v) is 11.0. The van der Waals surface area contributed by atoms with E-state index in [1.165, 1.54) is 20.7 Å². The Kier molecular flexibility index (Phi) is 5.62. The number of hydrogen-bond donors (Lipinski definition) is 1. The molecule has 30 heavy (non-hydrogen) atoms. The van der Waals surface area contributed by atoms with Gasteiger partial charge in [0.1, 0.15) is 17.3 Å². The number of primary amides is 1. The molecule has 2 saturated heterocycles. The second-order valence-corrected chi connectivity index (χ2v) is 9.54. The molecule has 3 heterocycles. The van der Waals surface area contributed by atoms with Gasteiger partial charge in [0, 0.05) is 44.2 Å². The number of carbonyl (C=O) groups is 1. The van der Waals surface area contributed by atoms with Gasteiger partial charge in [-0.1, -0.05) is 5.16 Å². The molecule has 0 bridgehead atoms. The van der Waals surface area contributed by atoms with E-state index in [1.54, 1.807) is 18.2 Å². The fourth-order valence-corrected chi connectivity index (χ4v) is 5.56. The molecule has 2 aliphatic heterocycles. The topological polar surface area (TPSA) is 119 Å².